The molecule has 2 aromatic carbocycles. The first-order valence-electron chi connectivity index (χ1n) is 7.55. The molecule has 0 radical (unpaired) electrons. The van der Waals surface area contributed by atoms with Gasteiger partial charge in [0.05, 0.1) is 6.04 Å². The van der Waals surface area contributed by atoms with Gasteiger partial charge in [0.25, 0.3) is 0 Å². The minimum absolute atomic E-state index is 0.0539. The number of rotatable bonds is 5. The molecule has 2 aromatic rings. The first kappa shape index (κ1) is 14.6. The van der Waals surface area contributed by atoms with E-state index in [4.69, 9.17) is 5.73 Å². The van der Waals surface area contributed by atoms with Crippen molar-refractivity contribution in [3.63, 3.8) is 0 Å². The van der Waals surface area contributed by atoms with E-state index in [1.807, 2.05) is 48.5 Å². The van der Waals surface area contributed by atoms with E-state index in [1.54, 1.807) is 0 Å². The van der Waals surface area contributed by atoms with E-state index in [0.717, 1.165) is 5.69 Å². The molecule has 3 N–H and O–H groups in total. The van der Waals surface area contributed by atoms with Crippen LogP contribution in [-0.4, -0.2) is 24.5 Å². The van der Waals surface area contributed by atoms with Crippen LogP contribution in [0.2, 0.25) is 0 Å². The van der Waals surface area contributed by atoms with Gasteiger partial charge in [-0.3, -0.25) is 4.79 Å². The number of carbonyl (C=O) groups excluding carboxylic acids is 1. The van der Waals surface area contributed by atoms with Gasteiger partial charge in [0.15, 0.2) is 0 Å². The molecule has 22 heavy (non-hydrogen) atoms. The Morgan fingerprint density at radius 2 is 1.64 bits per heavy atom. The molecule has 1 fully saturated rings. The standard InChI is InChI=1S/C18H21N3O/c1-14(15-8-4-2-5-9-15)21(16-10-6-3-7-11-16)18(17(19)22)12-20-13-18/h2-11,14,20H,12-13H2,1H3,(H2,19,22). The minimum Gasteiger partial charge on any atom is -0.368 e. The van der Waals surface area contributed by atoms with Crippen molar-refractivity contribution in [2.75, 3.05) is 18.0 Å². The van der Waals surface area contributed by atoms with Crippen molar-refractivity contribution >= 4 is 11.6 Å². The zero-order chi connectivity index (χ0) is 15.6. The number of benzene rings is 2. The molecule has 4 nitrogen and oxygen atoms in total. The van der Waals surface area contributed by atoms with Crippen molar-refractivity contribution in [2.45, 2.75) is 18.5 Å². The average Bonchev–Trinajstić information content (AvgIpc) is 2.51. The van der Waals surface area contributed by atoms with Gasteiger partial charge in [0, 0.05) is 18.8 Å². The van der Waals surface area contributed by atoms with Crippen molar-refractivity contribution in [3.05, 3.63) is 66.2 Å². The average molecular weight is 295 g/mol. The van der Waals surface area contributed by atoms with Gasteiger partial charge in [-0.15, -0.1) is 0 Å². The number of nitrogens with one attached hydrogen (secondary N) is 1. The summed E-state index contributed by atoms with van der Waals surface area (Å²) >= 11 is 0. The number of carbonyl (C=O) groups is 1. The van der Waals surface area contributed by atoms with Gasteiger partial charge in [0.1, 0.15) is 5.54 Å². The molecule has 114 valence electrons. The fraction of sp³-hybridized carbons (Fsp3) is 0.278. The van der Waals surface area contributed by atoms with Crippen LogP contribution in [0.3, 0.4) is 0 Å². The van der Waals surface area contributed by atoms with E-state index in [9.17, 15) is 4.79 Å². The maximum Gasteiger partial charge on any atom is 0.246 e. The minimum atomic E-state index is -0.670. The monoisotopic (exact) mass is 295 g/mol. The molecule has 1 amide bonds. The maximum absolute atomic E-state index is 12.2. The van der Waals surface area contributed by atoms with E-state index in [2.05, 4.69) is 29.3 Å². The van der Waals surface area contributed by atoms with Crippen LogP contribution in [-0.2, 0) is 4.79 Å². The molecule has 1 saturated heterocycles. The molecule has 1 unspecified atom stereocenters. The van der Waals surface area contributed by atoms with Gasteiger partial charge in [-0.25, -0.2) is 0 Å². The summed E-state index contributed by atoms with van der Waals surface area (Å²) in [5, 5.41) is 3.20. The van der Waals surface area contributed by atoms with Crippen LogP contribution >= 0.6 is 0 Å². The van der Waals surface area contributed by atoms with Crippen molar-refractivity contribution in [1.29, 1.82) is 0 Å². The zero-order valence-corrected chi connectivity index (χ0v) is 12.7. The lowest BCUT2D eigenvalue weighted by atomic mass is 9.86. The molecule has 0 saturated carbocycles. The molecule has 0 bridgehead atoms. The van der Waals surface area contributed by atoms with Crippen molar-refractivity contribution in [1.82, 2.24) is 5.32 Å². The molecule has 4 heteroatoms. The second-order valence-electron chi connectivity index (χ2n) is 5.79. The highest BCUT2D eigenvalue weighted by atomic mass is 16.2. The summed E-state index contributed by atoms with van der Waals surface area (Å²) < 4.78 is 0. The molecular weight excluding hydrogens is 274 g/mol. The van der Waals surface area contributed by atoms with Crippen LogP contribution in [0.15, 0.2) is 60.7 Å². The lowest BCUT2D eigenvalue weighted by Crippen LogP contribution is -2.75. The quantitative estimate of drug-likeness (QED) is 0.888. The van der Waals surface area contributed by atoms with Gasteiger partial charge < -0.3 is 16.0 Å². The van der Waals surface area contributed by atoms with Crippen molar-refractivity contribution < 1.29 is 4.79 Å². The number of primary amides is 1. The Bertz CT molecular complexity index is 638. The Labute approximate surface area is 130 Å². The molecule has 1 atom stereocenters. The summed E-state index contributed by atoms with van der Waals surface area (Å²) in [7, 11) is 0. The molecular formula is C18H21N3O. The first-order chi connectivity index (χ1) is 10.6. The largest absolute Gasteiger partial charge is 0.368 e. The number of nitrogens with two attached hydrogens (primary N) is 1. The van der Waals surface area contributed by atoms with E-state index >= 15 is 0 Å². The van der Waals surface area contributed by atoms with Crippen LogP contribution in [0.5, 0.6) is 0 Å². The van der Waals surface area contributed by atoms with Crippen LogP contribution < -0.4 is 16.0 Å². The topological polar surface area (TPSA) is 58.4 Å². The third kappa shape index (κ3) is 2.35. The smallest absolute Gasteiger partial charge is 0.246 e. The van der Waals surface area contributed by atoms with Gasteiger partial charge in [0.2, 0.25) is 5.91 Å². The summed E-state index contributed by atoms with van der Waals surface area (Å²) in [6.07, 6.45) is 0. The molecule has 1 heterocycles. The number of para-hydroxylation sites is 1. The summed E-state index contributed by atoms with van der Waals surface area (Å²) in [5.41, 5.74) is 7.27. The third-order valence-electron chi connectivity index (χ3n) is 4.46. The summed E-state index contributed by atoms with van der Waals surface area (Å²) in [5.74, 6) is -0.280. The van der Waals surface area contributed by atoms with Crippen LogP contribution in [0, 0.1) is 0 Å². The second-order valence-corrected chi connectivity index (χ2v) is 5.79. The molecule has 1 aliphatic rings. The highest BCUT2D eigenvalue weighted by Crippen LogP contribution is 2.36. The summed E-state index contributed by atoms with van der Waals surface area (Å²) in [6, 6.07) is 20.3. The second kappa shape index (κ2) is 5.81. The lowest BCUT2D eigenvalue weighted by molar-refractivity contribution is -0.125. The third-order valence-corrected chi connectivity index (χ3v) is 4.46. The normalized spacial score (nSPS) is 17.3. The summed E-state index contributed by atoms with van der Waals surface area (Å²) in [4.78, 5) is 14.3. The van der Waals surface area contributed by atoms with E-state index in [1.165, 1.54) is 5.56 Å². The molecule has 0 aliphatic carbocycles. The molecule has 3 rings (SSSR count). The van der Waals surface area contributed by atoms with Gasteiger partial charge in [-0.2, -0.15) is 0 Å². The van der Waals surface area contributed by atoms with Crippen molar-refractivity contribution in [2.24, 2.45) is 5.73 Å². The molecule has 1 aliphatic heterocycles. The Balaban J connectivity index is 2.06. The molecule has 0 aromatic heterocycles. The predicted molar refractivity (Wildman–Crippen MR) is 88.6 cm³/mol. The Hall–Kier alpha value is -2.33. The number of hydrogen-bond donors (Lipinski definition) is 2. The Kier molecular flexibility index (Phi) is 3.86. The molecule has 0 spiro atoms. The van der Waals surface area contributed by atoms with E-state index in [0.29, 0.717) is 13.1 Å². The van der Waals surface area contributed by atoms with Crippen LogP contribution in [0.25, 0.3) is 0 Å². The predicted octanol–water partition coefficient (Wildman–Crippen LogP) is 2.08. The van der Waals surface area contributed by atoms with E-state index < -0.39 is 5.54 Å². The van der Waals surface area contributed by atoms with Crippen LogP contribution in [0.1, 0.15) is 18.5 Å². The first-order valence-corrected chi connectivity index (χ1v) is 7.55. The van der Waals surface area contributed by atoms with Crippen LogP contribution in [0.4, 0.5) is 5.69 Å². The van der Waals surface area contributed by atoms with Gasteiger partial charge in [-0.1, -0.05) is 48.5 Å². The Morgan fingerprint density at radius 3 is 2.09 bits per heavy atom. The van der Waals surface area contributed by atoms with Gasteiger partial charge in [-0.05, 0) is 24.6 Å². The Morgan fingerprint density at radius 1 is 1.09 bits per heavy atom. The zero-order valence-electron chi connectivity index (χ0n) is 12.7. The maximum atomic E-state index is 12.2. The fourth-order valence-electron chi connectivity index (χ4n) is 3.14. The lowest BCUT2D eigenvalue weighted by Gasteiger charge is -2.52. The van der Waals surface area contributed by atoms with Gasteiger partial charge >= 0.3 is 0 Å². The van der Waals surface area contributed by atoms with E-state index in [-0.39, 0.29) is 11.9 Å². The highest BCUT2D eigenvalue weighted by molar-refractivity contribution is 5.91. The SMILES string of the molecule is CC(c1ccccc1)N(c1ccccc1)C1(C(N)=O)CNC1. The summed E-state index contributed by atoms with van der Waals surface area (Å²) in [6.45, 7) is 3.27. The number of nitrogens with zero attached hydrogens (tertiary/aromatic N) is 1. The fourth-order valence-corrected chi connectivity index (χ4v) is 3.14. The number of hydrogen-bond acceptors (Lipinski definition) is 3. The van der Waals surface area contributed by atoms with Crippen molar-refractivity contribution in [3.8, 4) is 0 Å². The highest BCUT2D eigenvalue weighted by Gasteiger charge is 2.50. The number of anilines is 1. The number of amides is 1.